The van der Waals surface area contributed by atoms with E-state index in [1.54, 1.807) is 0 Å². The number of hydrogen-bond acceptors (Lipinski definition) is 0. The van der Waals surface area contributed by atoms with Crippen molar-refractivity contribution in [3.05, 3.63) is 0 Å². The van der Waals surface area contributed by atoms with E-state index >= 15 is 0 Å². The Morgan fingerprint density at radius 3 is 2.05 bits per heavy atom. The number of rotatable bonds is 8. The van der Waals surface area contributed by atoms with E-state index in [2.05, 4.69) is 13.8 Å². The first kappa shape index (κ1) is 17.1. The minimum Gasteiger partial charge on any atom is -0.0654 e. The quantitative estimate of drug-likeness (QED) is 0.410. The molecule has 114 valence electrons. The van der Waals surface area contributed by atoms with E-state index in [-0.39, 0.29) is 0 Å². The number of unbranched alkanes of at least 4 members (excludes halogenated alkanes) is 2. The second-order valence-electron chi connectivity index (χ2n) is 7.10. The second kappa shape index (κ2) is 11.8. The highest BCUT2D eigenvalue weighted by molar-refractivity contribution is 4.64. The Balaban J connectivity index is 2.00. The molecule has 1 rings (SSSR count). The molecule has 1 unspecified atom stereocenters. The predicted molar refractivity (Wildman–Crippen MR) is 87.6 cm³/mol. The van der Waals surface area contributed by atoms with E-state index < -0.39 is 0 Å². The Hall–Kier alpha value is 0. The van der Waals surface area contributed by atoms with Gasteiger partial charge in [-0.25, -0.2) is 0 Å². The van der Waals surface area contributed by atoms with Gasteiger partial charge in [0.05, 0.1) is 0 Å². The summed E-state index contributed by atoms with van der Waals surface area (Å²) >= 11 is 0. The maximum absolute atomic E-state index is 2.43. The molecule has 0 aromatic rings. The van der Waals surface area contributed by atoms with E-state index in [0.717, 1.165) is 11.8 Å². The van der Waals surface area contributed by atoms with Gasteiger partial charge in [-0.15, -0.1) is 0 Å². The summed E-state index contributed by atoms with van der Waals surface area (Å²) in [5.41, 5.74) is 0. The third kappa shape index (κ3) is 9.52. The smallest absolute Gasteiger partial charge is 0.0414 e. The molecule has 0 amide bonds. The molecule has 0 aromatic carbocycles. The monoisotopic (exact) mass is 266 g/mol. The lowest BCUT2D eigenvalue weighted by Crippen LogP contribution is -2.01. The first-order chi connectivity index (χ1) is 9.33. The summed E-state index contributed by atoms with van der Waals surface area (Å²) in [5.74, 6) is 2.04. The van der Waals surface area contributed by atoms with Crippen molar-refractivity contribution in [1.29, 1.82) is 0 Å². The van der Waals surface area contributed by atoms with Crippen LogP contribution in [0.2, 0.25) is 0 Å². The van der Waals surface area contributed by atoms with Gasteiger partial charge in [-0.3, -0.25) is 0 Å². The topological polar surface area (TPSA) is 0 Å². The van der Waals surface area contributed by atoms with Crippen LogP contribution in [0.5, 0.6) is 0 Å². The Morgan fingerprint density at radius 1 is 0.789 bits per heavy atom. The third-order valence-electron chi connectivity index (χ3n) is 5.07. The Morgan fingerprint density at radius 2 is 1.42 bits per heavy atom. The molecule has 0 bridgehead atoms. The summed E-state index contributed by atoms with van der Waals surface area (Å²) in [4.78, 5) is 0. The maximum Gasteiger partial charge on any atom is -0.0414 e. The highest BCUT2D eigenvalue weighted by Crippen LogP contribution is 2.26. The third-order valence-corrected chi connectivity index (χ3v) is 5.07. The standard InChI is InChI=1S/C19H38/c1-3-13-18(2)14-9-8-12-17-19-15-10-6-4-5-7-11-16-19/h18-19H,3-17H2,1-2H3. The Labute approximate surface area is 122 Å². The van der Waals surface area contributed by atoms with Crippen LogP contribution in [0.1, 0.15) is 110 Å². The second-order valence-corrected chi connectivity index (χ2v) is 7.10. The molecule has 1 fully saturated rings. The molecule has 0 heteroatoms. The highest BCUT2D eigenvalue weighted by Gasteiger charge is 2.10. The molecule has 1 aliphatic carbocycles. The Kier molecular flexibility index (Phi) is 10.6. The van der Waals surface area contributed by atoms with E-state index in [1.165, 1.54) is 96.3 Å². The van der Waals surface area contributed by atoms with E-state index in [9.17, 15) is 0 Å². The summed E-state index contributed by atoms with van der Waals surface area (Å²) in [6.45, 7) is 4.75. The van der Waals surface area contributed by atoms with Gasteiger partial charge in [0.15, 0.2) is 0 Å². The van der Waals surface area contributed by atoms with Crippen molar-refractivity contribution in [2.75, 3.05) is 0 Å². The van der Waals surface area contributed by atoms with E-state index in [0.29, 0.717) is 0 Å². The normalized spacial score (nSPS) is 20.5. The largest absolute Gasteiger partial charge is 0.0654 e. The van der Waals surface area contributed by atoms with Gasteiger partial charge in [-0.05, 0) is 11.8 Å². The average Bonchev–Trinajstić information content (AvgIpc) is 2.52. The lowest BCUT2D eigenvalue weighted by Gasteiger charge is -2.16. The fourth-order valence-electron chi connectivity index (χ4n) is 3.75. The van der Waals surface area contributed by atoms with E-state index in [4.69, 9.17) is 0 Å². The van der Waals surface area contributed by atoms with Crippen molar-refractivity contribution in [1.82, 2.24) is 0 Å². The zero-order valence-corrected chi connectivity index (χ0v) is 13.8. The molecule has 0 aromatic heterocycles. The first-order valence-electron chi connectivity index (χ1n) is 9.33. The predicted octanol–water partition coefficient (Wildman–Crippen LogP) is 7.12. The minimum absolute atomic E-state index is 0.968. The molecule has 0 spiro atoms. The van der Waals surface area contributed by atoms with Crippen LogP contribution in [-0.4, -0.2) is 0 Å². The zero-order chi connectivity index (χ0) is 13.8. The summed E-state index contributed by atoms with van der Waals surface area (Å²) in [5, 5.41) is 0. The van der Waals surface area contributed by atoms with Crippen molar-refractivity contribution >= 4 is 0 Å². The Bertz CT molecular complexity index is 174. The molecule has 1 aliphatic rings. The SMILES string of the molecule is CCCC(C)CCCCCC1CCCCCCCC1. The van der Waals surface area contributed by atoms with Crippen LogP contribution in [0.15, 0.2) is 0 Å². The number of hydrogen-bond donors (Lipinski definition) is 0. The van der Waals surface area contributed by atoms with Crippen LogP contribution in [-0.2, 0) is 0 Å². The molecule has 0 nitrogen and oxygen atoms in total. The van der Waals surface area contributed by atoms with Crippen molar-refractivity contribution in [2.24, 2.45) is 11.8 Å². The highest BCUT2D eigenvalue weighted by atomic mass is 14.2. The lowest BCUT2D eigenvalue weighted by atomic mass is 9.90. The summed E-state index contributed by atoms with van der Waals surface area (Å²) in [7, 11) is 0. The molecular weight excluding hydrogens is 228 g/mol. The van der Waals surface area contributed by atoms with Gasteiger partial charge in [0, 0.05) is 0 Å². The van der Waals surface area contributed by atoms with Crippen molar-refractivity contribution in [3.8, 4) is 0 Å². The fourth-order valence-corrected chi connectivity index (χ4v) is 3.75. The van der Waals surface area contributed by atoms with Crippen LogP contribution in [0.25, 0.3) is 0 Å². The molecule has 0 radical (unpaired) electrons. The van der Waals surface area contributed by atoms with Gasteiger partial charge in [0.2, 0.25) is 0 Å². The summed E-state index contributed by atoms with van der Waals surface area (Å²) < 4.78 is 0. The summed E-state index contributed by atoms with van der Waals surface area (Å²) in [6, 6.07) is 0. The molecule has 1 atom stereocenters. The maximum atomic E-state index is 2.43. The van der Waals surface area contributed by atoms with Crippen LogP contribution in [0.4, 0.5) is 0 Å². The van der Waals surface area contributed by atoms with Crippen molar-refractivity contribution in [2.45, 2.75) is 110 Å². The van der Waals surface area contributed by atoms with Gasteiger partial charge in [0.1, 0.15) is 0 Å². The van der Waals surface area contributed by atoms with Gasteiger partial charge in [-0.1, -0.05) is 110 Å². The van der Waals surface area contributed by atoms with Gasteiger partial charge in [-0.2, -0.15) is 0 Å². The molecule has 1 saturated carbocycles. The minimum atomic E-state index is 0.968. The van der Waals surface area contributed by atoms with Crippen molar-refractivity contribution < 1.29 is 0 Å². The van der Waals surface area contributed by atoms with Gasteiger partial charge >= 0.3 is 0 Å². The van der Waals surface area contributed by atoms with Crippen molar-refractivity contribution in [3.63, 3.8) is 0 Å². The van der Waals surface area contributed by atoms with Gasteiger partial charge in [0.25, 0.3) is 0 Å². The zero-order valence-electron chi connectivity index (χ0n) is 13.8. The molecule has 0 N–H and O–H groups in total. The van der Waals surface area contributed by atoms with E-state index in [1.807, 2.05) is 0 Å². The fraction of sp³-hybridized carbons (Fsp3) is 1.00. The molecule has 19 heavy (non-hydrogen) atoms. The molecule has 0 heterocycles. The van der Waals surface area contributed by atoms with Crippen LogP contribution in [0, 0.1) is 11.8 Å². The first-order valence-corrected chi connectivity index (χ1v) is 9.33. The van der Waals surface area contributed by atoms with Crippen LogP contribution < -0.4 is 0 Å². The lowest BCUT2D eigenvalue weighted by molar-refractivity contribution is 0.375. The molecule has 0 saturated heterocycles. The van der Waals surface area contributed by atoms with Gasteiger partial charge < -0.3 is 0 Å². The average molecular weight is 267 g/mol. The molecule has 0 aliphatic heterocycles. The summed E-state index contributed by atoms with van der Waals surface area (Å²) in [6.07, 6.45) is 22.4. The molecular formula is C19H38. The van der Waals surface area contributed by atoms with Crippen LogP contribution in [0.3, 0.4) is 0 Å². The van der Waals surface area contributed by atoms with Crippen LogP contribution >= 0.6 is 0 Å².